The summed E-state index contributed by atoms with van der Waals surface area (Å²) in [7, 11) is -4.17. The van der Waals surface area contributed by atoms with Crippen molar-refractivity contribution in [2.24, 2.45) is 0 Å². The smallest absolute Gasteiger partial charge is 0.335 e. The van der Waals surface area contributed by atoms with Gasteiger partial charge in [-0.3, -0.25) is 4.72 Å². The number of halogens is 1. The van der Waals surface area contributed by atoms with Crippen LogP contribution in [0.15, 0.2) is 47.4 Å². The van der Waals surface area contributed by atoms with Gasteiger partial charge in [0.1, 0.15) is 10.6 Å². The highest BCUT2D eigenvalue weighted by atomic mass is 35.5. The van der Waals surface area contributed by atoms with Crippen LogP contribution in [0.3, 0.4) is 0 Å². The van der Waals surface area contributed by atoms with Gasteiger partial charge in [-0.1, -0.05) is 23.7 Å². The topological polar surface area (TPSA) is 104 Å². The Balaban J connectivity index is 2.47. The van der Waals surface area contributed by atoms with E-state index in [4.69, 9.17) is 16.7 Å². The minimum atomic E-state index is -4.17. The number of phenolic OH excluding ortho intramolecular Hbond substituents is 1. The van der Waals surface area contributed by atoms with Crippen LogP contribution in [0.1, 0.15) is 10.4 Å². The molecule has 0 bridgehead atoms. The molecule has 2 aromatic rings. The highest BCUT2D eigenvalue weighted by Gasteiger charge is 2.21. The third kappa shape index (κ3) is 3.26. The van der Waals surface area contributed by atoms with E-state index in [1.165, 1.54) is 12.1 Å². The first-order chi connectivity index (χ1) is 9.81. The summed E-state index contributed by atoms with van der Waals surface area (Å²) in [5.74, 6) is -1.86. The van der Waals surface area contributed by atoms with E-state index in [0.717, 1.165) is 18.2 Å². The van der Waals surface area contributed by atoms with Crippen LogP contribution in [0, 0.1) is 0 Å². The van der Waals surface area contributed by atoms with E-state index in [1.54, 1.807) is 12.1 Å². The van der Waals surface area contributed by atoms with Crippen LogP contribution in [0.5, 0.6) is 5.75 Å². The van der Waals surface area contributed by atoms with Gasteiger partial charge >= 0.3 is 5.97 Å². The summed E-state index contributed by atoms with van der Waals surface area (Å²) < 4.78 is 26.7. The molecule has 0 spiro atoms. The zero-order valence-corrected chi connectivity index (χ0v) is 12.0. The maximum absolute atomic E-state index is 12.2. The molecule has 21 heavy (non-hydrogen) atoms. The van der Waals surface area contributed by atoms with Crippen molar-refractivity contribution >= 4 is 33.3 Å². The first-order valence-corrected chi connectivity index (χ1v) is 7.51. The summed E-state index contributed by atoms with van der Waals surface area (Å²) in [4.78, 5) is 10.3. The maximum atomic E-state index is 12.2. The molecular formula is C13H10ClNO5S. The predicted octanol–water partition coefficient (Wildman–Crippen LogP) is 2.54. The Morgan fingerprint density at radius 2 is 1.81 bits per heavy atom. The van der Waals surface area contributed by atoms with E-state index in [1.807, 2.05) is 0 Å². The Hall–Kier alpha value is -2.25. The number of carbonyl (C=O) groups is 1. The molecule has 8 heteroatoms. The Labute approximate surface area is 125 Å². The molecule has 0 aliphatic heterocycles. The van der Waals surface area contributed by atoms with Crippen molar-refractivity contribution in [2.45, 2.75) is 4.90 Å². The molecular weight excluding hydrogens is 318 g/mol. The lowest BCUT2D eigenvalue weighted by Gasteiger charge is -2.11. The average molecular weight is 328 g/mol. The molecule has 0 saturated carbocycles. The molecule has 0 aliphatic rings. The third-order valence-electron chi connectivity index (χ3n) is 2.61. The van der Waals surface area contributed by atoms with Gasteiger partial charge in [0, 0.05) is 0 Å². The summed E-state index contributed by atoms with van der Waals surface area (Å²) in [5, 5.41) is 18.7. The molecule has 0 aliphatic carbocycles. The van der Waals surface area contributed by atoms with Crippen molar-refractivity contribution in [1.82, 2.24) is 0 Å². The lowest BCUT2D eigenvalue weighted by atomic mass is 10.2. The zero-order valence-electron chi connectivity index (χ0n) is 10.4. The highest BCUT2D eigenvalue weighted by molar-refractivity contribution is 7.92. The number of nitrogens with one attached hydrogen (secondary N) is 1. The molecule has 2 rings (SSSR count). The van der Waals surface area contributed by atoms with Gasteiger partial charge in [0.2, 0.25) is 0 Å². The van der Waals surface area contributed by atoms with Crippen LogP contribution in [0.2, 0.25) is 5.02 Å². The van der Waals surface area contributed by atoms with Crippen molar-refractivity contribution in [3.8, 4) is 5.75 Å². The number of hydrogen-bond acceptors (Lipinski definition) is 4. The number of aromatic carboxylic acids is 1. The van der Waals surface area contributed by atoms with Crippen LogP contribution in [-0.2, 0) is 10.0 Å². The van der Waals surface area contributed by atoms with Gasteiger partial charge in [0.25, 0.3) is 10.0 Å². The highest BCUT2D eigenvalue weighted by Crippen LogP contribution is 2.28. The second-order valence-corrected chi connectivity index (χ2v) is 6.13. The molecule has 0 radical (unpaired) electrons. The van der Waals surface area contributed by atoms with Crippen molar-refractivity contribution in [3.05, 3.63) is 53.1 Å². The van der Waals surface area contributed by atoms with Gasteiger partial charge in [-0.25, -0.2) is 13.2 Å². The summed E-state index contributed by atoms with van der Waals surface area (Å²) in [6.07, 6.45) is 0. The Morgan fingerprint density at radius 3 is 2.43 bits per heavy atom. The van der Waals surface area contributed by atoms with Crippen molar-refractivity contribution in [1.29, 1.82) is 0 Å². The minimum Gasteiger partial charge on any atom is -0.507 e. The van der Waals surface area contributed by atoms with Gasteiger partial charge < -0.3 is 10.2 Å². The number of sulfonamides is 1. The fourth-order valence-electron chi connectivity index (χ4n) is 1.61. The molecule has 0 fully saturated rings. The maximum Gasteiger partial charge on any atom is 0.335 e. The van der Waals surface area contributed by atoms with Crippen LogP contribution < -0.4 is 4.72 Å². The first-order valence-electron chi connectivity index (χ1n) is 5.65. The minimum absolute atomic E-state index is 0.124. The number of aromatic hydroxyl groups is 1. The third-order valence-corrected chi connectivity index (χ3v) is 4.34. The number of benzene rings is 2. The lowest BCUT2D eigenvalue weighted by molar-refractivity contribution is 0.0696. The molecule has 0 heterocycles. The van der Waals surface area contributed by atoms with E-state index in [9.17, 15) is 18.3 Å². The fraction of sp³-hybridized carbons (Fsp3) is 0. The Bertz CT molecular complexity index is 804. The molecule has 0 atom stereocenters. The van der Waals surface area contributed by atoms with E-state index in [2.05, 4.69) is 4.72 Å². The molecule has 2 aromatic carbocycles. The zero-order chi connectivity index (χ0) is 15.6. The number of para-hydroxylation sites is 1. The van der Waals surface area contributed by atoms with Gasteiger partial charge in [0.05, 0.1) is 16.3 Å². The first kappa shape index (κ1) is 15.1. The number of hydrogen-bond donors (Lipinski definition) is 3. The van der Waals surface area contributed by atoms with E-state index >= 15 is 0 Å². The number of phenols is 1. The van der Waals surface area contributed by atoms with Crippen LogP contribution in [0.4, 0.5) is 5.69 Å². The quantitative estimate of drug-likeness (QED) is 0.800. The fourth-order valence-corrected chi connectivity index (χ4v) is 3.05. The van der Waals surface area contributed by atoms with E-state index in [0.29, 0.717) is 0 Å². The predicted molar refractivity (Wildman–Crippen MR) is 77.3 cm³/mol. The number of carboxylic acid groups (broad SMARTS) is 1. The molecule has 3 N–H and O–H groups in total. The lowest BCUT2D eigenvalue weighted by Crippen LogP contribution is -2.14. The summed E-state index contributed by atoms with van der Waals surface area (Å²) in [6, 6.07) is 9.12. The molecule has 0 unspecified atom stereocenters. The van der Waals surface area contributed by atoms with Crippen LogP contribution >= 0.6 is 11.6 Å². The van der Waals surface area contributed by atoms with E-state index in [-0.39, 0.29) is 16.3 Å². The standard InChI is InChI=1S/C13H10ClNO5S/c14-9-3-1-2-4-10(9)15-21(19,20)12-7-8(13(17)18)5-6-11(12)16/h1-7,15-16H,(H,17,18). The summed E-state index contributed by atoms with van der Waals surface area (Å²) in [5.41, 5.74) is -0.133. The Morgan fingerprint density at radius 1 is 1.14 bits per heavy atom. The van der Waals surface area contributed by atoms with Crippen LogP contribution in [0.25, 0.3) is 0 Å². The monoisotopic (exact) mass is 327 g/mol. The summed E-state index contributed by atoms with van der Waals surface area (Å²) >= 11 is 5.86. The molecule has 6 nitrogen and oxygen atoms in total. The van der Waals surface area contributed by atoms with Gasteiger partial charge in [0.15, 0.2) is 0 Å². The van der Waals surface area contributed by atoms with Crippen molar-refractivity contribution in [3.63, 3.8) is 0 Å². The van der Waals surface area contributed by atoms with E-state index < -0.39 is 26.6 Å². The Kier molecular flexibility index (Phi) is 4.06. The van der Waals surface area contributed by atoms with Crippen molar-refractivity contribution in [2.75, 3.05) is 4.72 Å². The largest absolute Gasteiger partial charge is 0.507 e. The SMILES string of the molecule is O=C(O)c1ccc(O)c(S(=O)(=O)Nc2ccccc2Cl)c1. The number of carboxylic acids is 1. The second-order valence-electron chi connectivity index (χ2n) is 4.07. The molecule has 0 aromatic heterocycles. The van der Waals surface area contributed by atoms with Crippen LogP contribution in [-0.4, -0.2) is 24.6 Å². The van der Waals surface area contributed by atoms with Gasteiger partial charge in [-0.15, -0.1) is 0 Å². The van der Waals surface area contributed by atoms with Gasteiger partial charge in [-0.05, 0) is 30.3 Å². The molecule has 110 valence electrons. The average Bonchev–Trinajstić information content (AvgIpc) is 2.41. The molecule has 0 saturated heterocycles. The number of anilines is 1. The van der Waals surface area contributed by atoms with Crippen molar-refractivity contribution < 1.29 is 23.4 Å². The number of rotatable bonds is 4. The summed E-state index contributed by atoms with van der Waals surface area (Å²) in [6.45, 7) is 0. The normalized spacial score (nSPS) is 11.1. The molecule has 0 amide bonds. The van der Waals surface area contributed by atoms with Gasteiger partial charge in [-0.2, -0.15) is 0 Å². The second kappa shape index (κ2) is 5.63.